The first kappa shape index (κ1) is 17.6. The summed E-state index contributed by atoms with van der Waals surface area (Å²) < 4.78 is 2.37. The second-order valence-electron chi connectivity index (χ2n) is 7.59. The minimum absolute atomic E-state index is 1.11. The second-order valence-corrected chi connectivity index (χ2v) is 7.59. The third-order valence-electron chi connectivity index (χ3n) is 5.77. The minimum atomic E-state index is 1.11. The van der Waals surface area contributed by atoms with Gasteiger partial charge in [0.25, 0.3) is 0 Å². The second kappa shape index (κ2) is 7.22. The first-order chi connectivity index (χ1) is 15.4. The van der Waals surface area contributed by atoms with Crippen LogP contribution in [0.1, 0.15) is 0 Å². The van der Waals surface area contributed by atoms with E-state index >= 15 is 0 Å². The number of hydrogen-bond acceptors (Lipinski definition) is 2. The lowest BCUT2D eigenvalue weighted by Crippen LogP contribution is -1.96. The van der Waals surface area contributed by atoms with Crippen molar-refractivity contribution in [1.82, 2.24) is 14.5 Å². The van der Waals surface area contributed by atoms with Crippen LogP contribution in [0.2, 0.25) is 0 Å². The molecule has 31 heavy (non-hydrogen) atoms. The van der Waals surface area contributed by atoms with Gasteiger partial charge >= 0.3 is 0 Å². The molecule has 3 heteroatoms. The largest absolute Gasteiger partial charge is 0.309 e. The van der Waals surface area contributed by atoms with E-state index in [1.165, 1.54) is 27.4 Å². The summed E-state index contributed by atoms with van der Waals surface area (Å²) in [5, 5.41) is 2.48. The molecule has 3 heterocycles. The molecule has 0 saturated carbocycles. The SMILES string of the molecule is c1cncc(-c2cccc(-n3c4ccccc4c4cccc(-c5cccnc5)c43)c2)c1. The average Bonchev–Trinajstić information content (AvgIpc) is 3.20. The number of para-hydroxylation sites is 2. The molecule has 0 fully saturated rings. The first-order valence-electron chi connectivity index (χ1n) is 10.3. The maximum Gasteiger partial charge on any atom is 0.0620 e. The number of benzene rings is 3. The van der Waals surface area contributed by atoms with E-state index in [0.717, 1.165) is 22.4 Å². The lowest BCUT2D eigenvalue weighted by atomic mass is 10.0. The van der Waals surface area contributed by atoms with Gasteiger partial charge in [-0.2, -0.15) is 0 Å². The van der Waals surface area contributed by atoms with Crippen molar-refractivity contribution in [1.29, 1.82) is 0 Å². The monoisotopic (exact) mass is 397 g/mol. The van der Waals surface area contributed by atoms with E-state index in [2.05, 4.69) is 93.4 Å². The number of nitrogens with zero attached hydrogens (tertiary/aromatic N) is 3. The predicted molar refractivity (Wildman–Crippen MR) is 127 cm³/mol. The Kier molecular flexibility index (Phi) is 4.10. The molecule has 3 nitrogen and oxygen atoms in total. The van der Waals surface area contributed by atoms with E-state index in [9.17, 15) is 0 Å². The summed E-state index contributed by atoms with van der Waals surface area (Å²) in [5.41, 5.74) is 8.06. The minimum Gasteiger partial charge on any atom is -0.309 e. The van der Waals surface area contributed by atoms with E-state index in [-0.39, 0.29) is 0 Å². The van der Waals surface area contributed by atoms with Crippen LogP contribution in [0.15, 0.2) is 116 Å². The fourth-order valence-corrected chi connectivity index (χ4v) is 4.40. The van der Waals surface area contributed by atoms with Crippen molar-refractivity contribution < 1.29 is 0 Å². The number of rotatable bonds is 3. The van der Waals surface area contributed by atoms with Gasteiger partial charge in [-0.05, 0) is 35.9 Å². The van der Waals surface area contributed by atoms with Crippen molar-refractivity contribution in [3.05, 3.63) is 116 Å². The zero-order chi connectivity index (χ0) is 20.6. The van der Waals surface area contributed by atoms with Gasteiger partial charge in [0.2, 0.25) is 0 Å². The molecule has 0 aliphatic carbocycles. The predicted octanol–water partition coefficient (Wildman–Crippen LogP) is 6.91. The fourth-order valence-electron chi connectivity index (χ4n) is 4.40. The third kappa shape index (κ3) is 2.90. The first-order valence-corrected chi connectivity index (χ1v) is 10.3. The molecular weight excluding hydrogens is 378 g/mol. The Labute approximate surface area is 180 Å². The maximum atomic E-state index is 4.36. The third-order valence-corrected chi connectivity index (χ3v) is 5.77. The normalized spacial score (nSPS) is 11.2. The van der Waals surface area contributed by atoms with E-state index < -0.39 is 0 Å². The van der Waals surface area contributed by atoms with Crippen molar-refractivity contribution in [2.45, 2.75) is 0 Å². The summed E-state index contributed by atoms with van der Waals surface area (Å²) >= 11 is 0. The zero-order valence-corrected chi connectivity index (χ0v) is 16.8. The highest BCUT2D eigenvalue weighted by Gasteiger charge is 2.16. The lowest BCUT2D eigenvalue weighted by Gasteiger charge is -2.13. The number of pyridine rings is 2. The Bertz CT molecular complexity index is 1520. The van der Waals surface area contributed by atoms with Crippen LogP contribution in [0.5, 0.6) is 0 Å². The zero-order valence-electron chi connectivity index (χ0n) is 16.8. The van der Waals surface area contributed by atoms with Crippen LogP contribution in [0.3, 0.4) is 0 Å². The summed E-state index contributed by atoms with van der Waals surface area (Å²) in [6.45, 7) is 0. The molecular formula is C28H19N3. The van der Waals surface area contributed by atoms with Crippen molar-refractivity contribution in [3.63, 3.8) is 0 Å². The lowest BCUT2D eigenvalue weighted by molar-refractivity contribution is 1.18. The van der Waals surface area contributed by atoms with E-state index in [1.54, 1.807) is 6.20 Å². The Morgan fingerprint density at radius 3 is 2.06 bits per heavy atom. The summed E-state index contributed by atoms with van der Waals surface area (Å²) in [5.74, 6) is 0. The van der Waals surface area contributed by atoms with Gasteiger partial charge in [-0.25, -0.2) is 0 Å². The molecule has 0 aliphatic rings. The Morgan fingerprint density at radius 1 is 0.548 bits per heavy atom. The summed E-state index contributed by atoms with van der Waals surface area (Å²) in [6.07, 6.45) is 7.46. The smallest absolute Gasteiger partial charge is 0.0620 e. The molecule has 0 atom stereocenters. The molecule has 3 aromatic carbocycles. The molecule has 0 saturated heterocycles. The molecule has 0 N–H and O–H groups in total. The van der Waals surface area contributed by atoms with Gasteiger partial charge < -0.3 is 4.57 Å². The molecule has 6 rings (SSSR count). The number of hydrogen-bond donors (Lipinski definition) is 0. The van der Waals surface area contributed by atoms with Crippen LogP contribution in [-0.4, -0.2) is 14.5 Å². The van der Waals surface area contributed by atoms with E-state index in [1.807, 2.05) is 30.7 Å². The van der Waals surface area contributed by atoms with E-state index in [0.29, 0.717) is 0 Å². The van der Waals surface area contributed by atoms with Gasteiger partial charge in [0.05, 0.1) is 11.0 Å². The summed E-state index contributed by atoms with van der Waals surface area (Å²) in [4.78, 5) is 8.66. The Hall–Kier alpha value is -4.24. The molecule has 0 amide bonds. The molecule has 0 unspecified atom stereocenters. The van der Waals surface area contributed by atoms with Gasteiger partial charge in [0.1, 0.15) is 0 Å². The highest BCUT2D eigenvalue weighted by molar-refractivity contribution is 6.13. The quantitative estimate of drug-likeness (QED) is 0.325. The van der Waals surface area contributed by atoms with Crippen molar-refractivity contribution in [2.75, 3.05) is 0 Å². The highest BCUT2D eigenvalue weighted by Crippen LogP contribution is 2.38. The molecule has 6 aromatic rings. The van der Waals surface area contributed by atoms with Gasteiger partial charge in [-0.3, -0.25) is 9.97 Å². The molecule has 0 spiro atoms. The summed E-state index contributed by atoms with van der Waals surface area (Å²) in [6, 6.07) is 32.0. The van der Waals surface area contributed by atoms with Crippen LogP contribution in [0.4, 0.5) is 0 Å². The van der Waals surface area contributed by atoms with Crippen LogP contribution >= 0.6 is 0 Å². The van der Waals surface area contributed by atoms with Gasteiger partial charge in [0.15, 0.2) is 0 Å². The summed E-state index contributed by atoms with van der Waals surface area (Å²) in [7, 11) is 0. The maximum absolute atomic E-state index is 4.36. The van der Waals surface area contributed by atoms with Crippen molar-refractivity contribution >= 4 is 21.8 Å². The van der Waals surface area contributed by atoms with Crippen LogP contribution in [0, 0.1) is 0 Å². The fraction of sp³-hybridized carbons (Fsp3) is 0. The van der Waals surface area contributed by atoms with Crippen molar-refractivity contribution in [2.24, 2.45) is 0 Å². The van der Waals surface area contributed by atoms with Crippen LogP contribution < -0.4 is 0 Å². The van der Waals surface area contributed by atoms with E-state index in [4.69, 9.17) is 0 Å². The Morgan fingerprint density at radius 2 is 1.26 bits per heavy atom. The average molecular weight is 397 g/mol. The van der Waals surface area contributed by atoms with Gasteiger partial charge in [0, 0.05) is 57.9 Å². The molecule has 0 aliphatic heterocycles. The topological polar surface area (TPSA) is 30.7 Å². The molecule has 0 radical (unpaired) electrons. The molecule has 0 bridgehead atoms. The number of aromatic nitrogens is 3. The Balaban J connectivity index is 1.70. The van der Waals surface area contributed by atoms with Crippen molar-refractivity contribution in [3.8, 4) is 27.9 Å². The molecule has 3 aromatic heterocycles. The standard InChI is InChI=1S/C28H19N3/c1-2-14-27-25(11-1)26-13-4-12-24(22-9-6-16-30-19-22)28(26)31(27)23-10-3-7-20(17-23)21-8-5-15-29-18-21/h1-19H. The molecule has 146 valence electrons. The van der Waals surface area contributed by atoms with Gasteiger partial charge in [-0.15, -0.1) is 0 Å². The van der Waals surface area contributed by atoms with Gasteiger partial charge in [-0.1, -0.05) is 60.7 Å². The van der Waals surface area contributed by atoms with Crippen LogP contribution in [0.25, 0.3) is 49.7 Å². The number of fused-ring (bicyclic) bond motifs is 3. The highest BCUT2D eigenvalue weighted by atomic mass is 15.0. The van der Waals surface area contributed by atoms with Crippen LogP contribution in [-0.2, 0) is 0 Å².